The number of hydrogen-bond acceptors (Lipinski definition) is 8. The van der Waals surface area contributed by atoms with E-state index in [-0.39, 0.29) is 5.91 Å². The lowest BCUT2D eigenvalue weighted by Crippen LogP contribution is -2.53. The summed E-state index contributed by atoms with van der Waals surface area (Å²) in [5.41, 5.74) is 2.47. The third-order valence-electron chi connectivity index (χ3n) is 3.38. The average molecular weight is 308 g/mol. The molecule has 1 aliphatic rings. The molecule has 0 radical (unpaired) electrons. The number of carbonyl (C=O) groups is 1. The lowest BCUT2D eigenvalue weighted by molar-refractivity contribution is -0.124. The molecule has 2 aromatic rings. The van der Waals surface area contributed by atoms with Crippen molar-refractivity contribution in [1.29, 1.82) is 0 Å². The molecule has 3 rings (SSSR count). The topological polar surface area (TPSA) is 105 Å². The number of anilines is 2. The van der Waals surface area contributed by atoms with Gasteiger partial charge in [0, 0.05) is 13.6 Å². The molecule has 0 aliphatic carbocycles. The van der Waals surface area contributed by atoms with Crippen LogP contribution in [0.25, 0.3) is 10.2 Å². The number of likely N-dealkylation sites (N-methyl/N-ethyl adjacent to an activating group) is 1. The molecule has 1 fully saturated rings. The van der Waals surface area contributed by atoms with Gasteiger partial charge in [-0.25, -0.2) is 10.8 Å². The van der Waals surface area contributed by atoms with Gasteiger partial charge >= 0.3 is 0 Å². The molecule has 1 aliphatic heterocycles. The van der Waals surface area contributed by atoms with Crippen molar-refractivity contribution in [3.05, 3.63) is 11.4 Å². The second-order valence-electron chi connectivity index (χ2n) is 4.55. The molecule has 8 nitrogen and oxygen atoms in total. The predicted molar refractivity (Wildman–Crippen MR) is 81.2 cm³/mol. The van der Waals surface area contributed by atoms with E-state index in [1.165, 1.54) is 11.3 Å². The molecule has 0 spiro atoms. The first kappa shape index (κ1) is 14.0. The van der Waals surface area contributed by atoms with Crippen LogP contribution < -0.4 is 21.5 Å². The number of fused-ring (bicyclic) bond motifs is 1. The van der Waals surface area contributed by atoms with Crippen molar-refractivity contribution in [3.63, 3.8) is 0 Å². The van der Waals surface area contributed by atoms with Crippen LogP contribution in [0.2, 0.25) is 0 Å². The lowest BCUT2D eigenvalue weighted by Gasteiger charge is -2.35. The van der Waals surface area contributed by atoms with Gasteiger partial charge in [-0.2, -0.15) is 4.98 Å². The number of hydrogen-bond donors (Lipinski definition) is 3. The summed E-state index contributed by atoms with van der Waals surface area (Å²) in [4.78, 5) is 23.6. The number of amides is 1. The highest BCUT2D eigenvalue weighted by atomic mass is 32.1. The molecule has 0 aromatic carbocycles. The number of nitrogens with one attached hydrogen (secondary N) is 2. The minimum Gasteiger partial charge on any atom is -0.377 e. The van der Waals surface area contributed by atoms with Crippen molar-refractivity contribution in [2.75, 3.05) is 37.1 Å². The average Bonchev–Trinajstić information content (AvgIpc) is 3.01. The Bertz CT molecular complexity index is 660. The van der Waals surface area contributed by atoms with Gasteiger partial charge < -0.3 is 15.0 Å². The molecule has 2 aromatic heterocycles. The van der Waals surface area contributed by atoms with E-state index in [1.54, 1.807) is 7.05 Å². The minimum absolute atomic E-state index is 0.0982. The molecule has 1 amide bonds. The standard InChI is InChI=1S/C12H16N6O2S/c1-14-10(19)8-6-20-4-3-18(8)9-7-2-5-21-11(7)16-12(15-9)17-13/h2,5,8H,3-4,6,13H2,1H3,(H,14,19)(H,15,16,17). The van der Waals surface area contributed by atoms with Gasteiger partial charge in [-0.05, 0) is 11.4 Å². The van der Waals surface area contributed by atoms with E-state index in [0.717, 1.165) is 10.2 Å². The molecular weight excluding hydrogens is 292 g/mol. The maximum Gasteiger partial charge on any atom is 0.244 e. The Hall–Kier alpha value is -1.97. The smallest absolute Gasteiger partial charge is 0.244 e. The zero-order chi connectivity index (χ0) is 14.8. The number of nitrogens with zero attached hydrogens (tertiary/aromatic N) is 3. The van der Waals surface area contributed by atoms with Crippen LogP contribution in [0.1, 0.15) is 0 Å². The lowest BCUT2D eigenvalue weighted by atomic mass is 10.2. The number of nitrogen functional groups attached to an aromatic ring is 1. The zero-order valence-electron chi connectivity index (χ0n) is 11.5. The molecule has 21 heavy (non-hydrogen) atoms. The Morgan fingerprint density at radius 2 is 2.43 bits per heavy atom. The fraction of sp³-hybridized carbons (Fsp3) is 0.417. The summed E-state index contributed by atoms with van der Waals surface area (Å²) in [5.74, 6) is 6.37. The highest BCUT2D eigenvalue weighted by molar-refractivity contribution is 7.16. The van der Waals surface area contributed by atoms with Gasteiger partial charge in [0.1, 0.15) is 16.7 Å². The van der Waals surface area contributed by atoms with Crippen LogP contribution >= 0.6 is 11.3 Å². The Balaban J connectivity index is 2.08. The number of ether oxygens (including phenoxy) is 1. The largest absolute Gasteiger partial charge is 0.377 e. The van der Waals surface area contributed by atoms with Crippen molar-refractivity contribution in [1.82, 2.24) is 15.3 Å². The van der Waals surface area contributed by atoms with E-state index < -0.39 is 6.04 Å². The van der Waals surface area contributed by atoms with Crippen molar-refractivity contribution in [3.8, 4) is 0 Å². The first-order valence-electron chi connectivity index (χ1n) is 6.52. The van der Waals surface area contributed by atoms with Crippen LogP contribution in [-0.4, -0.2) is 48.7 Å². The zero-order valence-corrected chi connectivity index (χ0v) is 12.3. The fourth-order valence-corrected chi connectivity index (χ4v) is 3.12. The van der Waals surface area contributed by atoms with E-state index in [0.29, 0.717) is 31.5 Å². The van der Waals surface area contributed by atoms with Gasteiger partial charge in [0.2, 0.25) is 11.9 Å². The Kier molecular flexibility index (Phi) is 3.86. The summed E-state index contributed by atoms with van der Waals surface area (Å²) in [5, 5.41) is 5.52. The molecule has 112 valence electrons. The van der Waals surface area contributed by atoms with Crippen molar-refractivity contribution < 1.29 is 9.53 Å². The molecule has 1 saturated heterocycles. The molecule has 0 bridgehead atoms. The van der Waals surface area contributed by atoms with Gasteiger partial charge in [0.05, 0.1) is 18.6 Å². The number of morpholine rings is 1. The highest BCUT2D eigenvalue weighted by Crippen LogP contribution is 2.30. The summed E-state index contributed by atoms with van der Waals surface area (Å²) >= 11 is 1.51. The summed E-state index contributed by atoms with van der Waals surface area (Å²) < 4.78 is 5.42. The normalized spacial score (nSPS) is 18.8. The van der Waals surface area contributed by atoms with Crippen molar-refractivity contribution in [2.45, 2.75) is 6.04 Å². The minimum atomic E-state index is -0.410. The highest BCUT2D eigenvalue weighted by Gasteiger charge is 2.31. The number of carbonyl (C=O) groups excluding carboxylic acids is 1. The fourth-order valence-electron chi connectivity index (χ4n) is 2.36. The molecule has 0 saturated carbocycles. The second-order valence-corrected chi connectivity index (χ2v) is 5.45. The summed E-state index contributed by atoms with van der Waals surface area (Å²) in [7, 11) is 1.61. The van der Waals surface area contributed by atoms with Gasteiger partial charge in [-0.15, -0.1) is 11.3 Å². The van der Waals surface area contributed by atoms with Crippen LogP contribution in [0.5, 0.6) is 0 Å². The van der Waals surface area contributed by atoms with E-state index in [2.05, 4.69) is 20.7 Å². The van der Waals surface area contributed by atoms with Crippen molar-refractivity contribution in [2.24, 2.45) is 5.84 Å². The Morgan fingerprint density at radius 3 is 3.19 bits per heavy atom. The van der Waals surface area contributed by atoms with Crippen LogP contribution in [0.15, 0.2) is 11.4 Å². The number of rotatable bonds is 3. The number of aromatic nitrogens is 2. The second kappa shape index (κ2) is 5.80. The maximum absolute atomic E-state index is 12.1. The molecular formula is C12H16N6O2S. The first-order chi connectivity index (χ1) is 10.2. The van der Waals surface area contributed by atoms with Gasteiger partial charge in [-0.1, -0.05) is 0 Å². The molecule has 3 heterocycles. The van der Waals surface area contributed by atoms with Crippen LogP contribution in [0, 0.1) is 0 Å². The maximum atomic E-state index is 12.1. The van der Waals surface area contributed by atoms with Gasteiger partial charge in [0.15, 0.2) is 0 Å². The number of hydrazine groups is 1. The van der Waals surface area contributed by atoms with Gasteiger partial charge in [-0.3, -0.25) is 10.2 Å². The van der Waals surface area contributed by atoms with Crippen LogP contribution in [0.4, 0.5) is 11.8 Å². The van der Waals surface area contributed by atoms with Crippen molar-refractivity contribution >= 4 is 39.2 Å². The summed E-state index contributed by atoms with van der Waals surface area (Å²) in [6, 6.07) is 1.54. The third kappa shape index (κ3) is 2.50. The van der Waals surface area contributed by atoms with Crippen LogP contribution in [0.3, 0.4) is 0 Å². The van der Waals surface area contributed by atoms with Crippen LogP contribution in [-0.2, 0) is 9.53 Å². The number of nitrogens with two attached hydrogens (primary N) is 1. The summed E-state index contributed by atoms with van der Waals surface area (Å²) in [6.07, 6.45) is 0. The third-order valence-corrected chi connectivity index (χ3v) is 4.19. The van der Waals surface area contributed by atoms with E-state index in [9.17, 15) is 4.79 Å². The Morgan fingerprint density at radius 1 is 1.57 bits per heavy atom. The van der Waals surface area contributed by atoms with E-state index in [1.807, 2.05) is 16.3 Å². The van der Waals surface area contributed by atoms with E-state index in [4.69, 9.17) is 10.6 Å². The molecule has 1 unspecified atom stereocenters. The monoisotopic (exact) mass is 308 g/mol. The SMILES string of the molecule is CNC(=O)C1COCCN1c1nc(NN)nc2sccc12. The molecule has 9 heteroatoms. The predicted octanol–water partition coefficient (Wildman–Crippen LogP) is -0.0719. The Labute approximate surface area is 125 Å². The van der Waals surface area contributed by atoms with Gasteiger partial charge in [0.25, 0.3) is 0 Å². The number of thiophene rings is 1. The first-order valence-corrected chi connectivity index (χ1v) is 7.40. The quantitative estimate of drug-likeness (QED) is 0.538. The molecule has 1 atom stereocenters. The van der Waals surface area contributed by atoms with E-state index >= 15 is 0 Å². The molecule has 4 N–H and O–H groups in total. The summed E-state index contributed by atoms with van der Waals surface area (Å²) in [6.45, 7) is 1.47.